The fraction of sp³-hybridized carbons (Fsp3) is 0.500. The van der Waals surface area contributed by atoms with Crippen LogP contribution in [0.2, 0.25) is 0 Å². The fourth-order valence-electron chi connectivity index (χ4n) is 2.36. The zero-order valence-corrected chi connectivity index (χ0v) is 12.5. The number of nitrogens with two attached hydrogens (primary N) is 1. The number of hydrogen-bond donors (Lipinski definition) is 2. The Morgan fingerprint density at radius 2 is 2.30 bits per heavy atom. The van der Waals surface area contributed by atoms with Crippen molar-refractivity contribution in [2.45, 2.75) is 31.7 Å². The summed E-state index contributed by atoms with van der Waals surface area (Å²) in [7, 11) is 0. The number of nitrogens with zero attached hydrogens (tertiary/aromatic N) is 1. The number of amides is 1. The standard InChI is InChI=1S/C14H20FN3OS/c1-9-10(2)20-6-5-18(9)8-12-7-11(14(19)17-16)3-4-13(12)15/h3-4,7,9-10H,5-6,8,16H2,1-2H3,(H,17,19). The van der Waals surface area contributed by atoms with Gasteiger partial charge in [-0.3, -0.25) is 15.1 Å². The first kappa shape index (κ1) is 15.3. The predicted octanol–water partition coefficient (Wildman–Crippen LogP) is 1.75. The Bertz CT molecular complexity index is 497. The zero-order valence-electron chi connectivity index (χ0n) is 11.7. The van der Waals surface area contributed by atoms with Crippen LogP contribution >= 0.6 is 11.8 Å². The van der Waals surface area contributed by atoms with Crippen LogP contribution in [-0.2, 0) is 6.54 Å². The van der Waals surface area contributed by atoms with Gasteiger partial charge in [0.05, 0.1) is 0 Å². The lowest BCUT2D eigenvalue weighted by Gasteiger charge is -2.37. The second-order valence-electron chi connectivity index (χ2n) is 5.07. The van der Waals surface area contributed by atoms with Crippen LogP contribution in [0.4, 0.5) is 4.39 Å². The molecule has 1 aromatic carbocycles. The first-order chi connectivity index (χ1) is 9.52. The number of benzene rings is 1. The van der Waals surface area contributed by atoms with E-state index in [0.29, 0.717) is 29.0 Å². The lowest BCUT2D eigenvalue weighted by atomic mass is 10.1. The molecule has 1 aliphatic heterocycles. The molecule has 0 aromatic heterocycles. The molecule has 1 aromatic rings. The minimum absolute atomic E-state index is 0.281. The van der Waals surface area contributed by atoms with Crippen LogP contribution in [0.25, 0.3) is 0 Å². The Labute approximate surface area is 122 Å². The maximum absolute atomic E-state index is 13.9. The number of carbonyl (C=O) groups excluding carboxylic acids is 1. The van der Waals surface area contributed by atoms with Gasteiger partial charge in [0.1, 0.15) is 5.82 Å². The normalized spacial score (nSPS) is 23.6. The maximum atomic E-state index is 13.9. The van der Waals surface area contributed by atoms with Crippen LogP contribution in [0.3, 0.4) is 0 Å². The third-order valence-electron chi connectivity index (χ3n) is 3.83. The van der Waals surface area contributed by atoms with E-state index in [1.54, 1.807) is 6.07 Å². The van der Waals surface area contributed by atoms with Crippen molar-refractivity contribution < 1.29 is 9.18 Å². The lowest BCUT2D eigenvalue weighted by Crippen LogP contribution is -2.44. The molecule has 1 amide bonds. The fourth-order valence-corrected chi connectivity index (χ4v) is 3.52. The molecule has 2 unspecified atom stereocenters. The van der Waals surface area contributed by atoms with E-state index < -0.39 is 5.91 Å². The van der Waals surface area contributed by atoms with E-state index in [2.05, 4.69) is 24.2 Å². The van der Waals surface area contributed by atoms with Gasteiger partial charge in [-0.1, -0.05) is 6.92 Å². The first-order valence-electron chi connectivity index (χ1n) is 6.68. The van der Waals surface area contributed by atoms with Crippen molar-refractivity contribution in [3.63, 3.8) is 0 Å². The van der Waals surface area contributed by atoms with Gasteiger partial charge in [-0.2, -0.15) is 11.8 Å². The molecule has 0 spiro atoms. The molecule has 0 bridgehead atoms. The summed E-state index contributed by atoms with van der Waals surface area (Å²) in [5.74, 6) is 5.48. The van der Waals surface area contributed by atoms with Gasteiger partial charge in [-0.25, -0.2) is 10.2 Å². The number of hydrazine groups is 1. The van der Waals surface area contributed by atoms with Crippen molar-refractivity contribution in [3.05, 3.63) is 35.1 Å². The van der Waals surface area contributed by atoms with Gasteiger partial charge in [0.2, 0.25) is 0 Å². The molecule has 6 heteroatoms. The van der Waals surface area contributed by atoms with Crippen molar-refractivity contribution in [2.75, 3.05) is 12.3 Å². The SMILES string of the molecule is CC1SCCN(Cc2cc(C(=O)NN)ccc2F)C1C. The number of carbonyl (C=O) groups is 1. The molecule has 0 saturated carbocycles. The first-order valence-corrected chi connectivity index (χ1v) is 7.73. The van der Waals surface area contributed by atoms with E-state index in [-0.39, 0.29) is 5.82 Å². The van der Waals surface area contributed by atoms with Crippen molar-refractivity contribution in [2.24, 2.45) is 5.84 Å². The second-order valence-corrected chi connectivity index (χ2v) is 6.55. The van der Waals surface area contributed by atoms with E-state index >= 15 is 0 Å². The topological polar surface area (TPSA) is 58.4 Å². The summed E-state index contributed by atoms with van der Waals surface area (Å²) < 4.78 is 13.9. The number of nitrogen functional groups attached to an aromatic ring is 1. The van der Waals surface area contributed by atoms with E-state index in [1.165, 1.54) is 12.1 Å². The number of rotatable bonds is 3. The van der Waals surface area contributed by atoms with Crippen molar-refractivity contribution in [1.82, 2.24) is 10.3 Å². The number of halogens is 1. The summed E-state index contributed by atoms with van der Waals surface area (Å²) >= 11 is 1.94. The number of thioether (sulfide) groups is 1. The zero-order chi connectivity index (χ0) is 14.7. The molecule has 1 aliphatic rings. The van der Waals surface area contributed by atoms with Gasteiger partial charge in [0, 0.05) is 41.3 Å². The Morgan fingerprint density at radius 3 is 3.00 bits per heavy atom. The van der Waals surface area contributed by atoms with Gasteiger partial charge in [-0.15, -0.1) is 0 Å². The summed E-state index contributed by atoms with van der Waals surface area (Å²) in [6.45, 7) is 5.80. The number of hydrogen-bond acceptors (Lipinski definition) is 4. The second kappa shape index (κ2) is 6.56. The molecule has 20 heavy (non-hydrogen) atoms. The van der Waals surface area contributed by atoms with Crippen molar-refractivity contribution >= 4 is 17.7 Å². The Hall–Kier alpha value is -1.11. The van der Waals surface area contributed by atoms with E-state index in [1.807, 2.05) is 11.8 Å². The summed E-state index contributed by atoms with van der Waals surface area (Å²) in [4.78, 5) is 13.8. The molecule has 110 valence electrons. The molecule has 0 aliphatic carbocycles. The van der Waals surface area contributed by atoms with Gasteiger partial charge < -0.3 is 0 Å². The van der Waals surface area contributed by atoms with E-state index in [4.69, 9.17) is 5.84 Å². The Balaban J connectivity index is 2.17. The third kappa shape index (κ3) is 3.31. The van der Waals surface area contributed by atoms with E-state index in [9.17, 15) is 9.18 Å². The molecule has 2 rings (SSSR count). The Kier molecular flexibility index (Phi) is 5.01. The molecule has 2 atom stereocenters. The summed E-state index contributed by atoms with van der Waals surface area (Å²) in [6.07, 6.45) is 0. The van der Waals surface area contributed by atoms with Crippen molar-refractivity contribution in [1.29, 1.82) is 0 Å². The molecular weight excluding hydrogens is 277 g/mol. The highest BCUT2D eigenvalue weighted by atomic mass is 32.2. The van der Waals surface area contributed by atoms with Crippen LogP contribution < -0.4 is 11.3 Å². The van der Waals surface area contributed by atoms with Crippen LogP contribution in [0, 0.1) is 5.82 Å². The highest BCUT2D eigenvalue weighted by Crippen LogP contribution is 2.26. The molecule has 1 fully saturated rings. The van der Waals surface area contributed by atoms with Crippen LogP contribution in [0.1, 0.15) is 29.8 Å². The lowest BCUT2D eigenvalue weighted by molar-refractivity contribution is 0.0953. The Morgan fingerprint density at radius 1 is 1.55 bits per heavy atom. The summed E-state index contributed by atoms with van der Waals surface area (Å²) in [5.41, 5.74) is 2.99. The van der Waals surface area contributed by atoms with Gasteiger partial charge in [0.15, 0.2) is 0 Å². The predicted molar refractivity (Wildman–Crippen MR) is 79.8 cm³/mol. The molecular formula is C14H20FN3OS. The minimum Gasteiger partial charge on any atom is -0.294 e. The molecule has 0 radical (unpaired) electrons. The molecule has 1 saturated heterocycles. The van der Waals surface area contributed by atoms with Crippen LogP contribution in [-0.4, -0.2) is 34.4 Å². The monoisotopic (exact) mass is 297 g/mol. The number of nitrogens with one attached hydrogen (secondary N) is 1. The quantitative estimate of drug-likeness (QED) is 0.507. The minimum atomic E-state index is -0.401. The molecule has 4 nitrogen and oxygen atoms in total. The van der Waals surface area contributed by atoms with E-state index in [0.717, 1.165) is 12.3 Å². The van der Waals surface area contributed by atoms with Gasteiger partial charge in [-0.05, 0) is 25.1 Å². The van der Waals surface area contributed by atoms with Crippen LogP contribution in [0.5, 0.6) is 0 Å². The smallest absolute Gasteiger partial charge is 0.265 e. The average Bonchev–Trinajstić information content (AvgIpc) is 2.45. The highest BCUT2D eigenvalue weighted by molar-refractivity contribution is 8.00. The molecule has 3 N–H and O–H groups in total. The summed E-state index contributed by atoms with van der Waals surface area (Å²) in [5, 5.41) is 0.530. The summed E-state index contributed by atoms with van der Waals surface area (Å²) in [6, 6.07) is 4.74. The highest BCUT2D eigenvalue weighted by Gasteiger charge is 2.25. The average molecular weight is 297 g/mol. The van der Waals surface area contributed by atoms with Gasteiger partial charge >= 0.3 is 0 Å². The van der Waals surface area contributed by atoms with Crippen molar-refractivity contribution in [3.8, 4) is 0 Å². The maximum Gasteiger partial charge on any atom is 0.265 e. The third-order valence-corrected chi connectivity index (χ3v) is 5.16. The molecule has 1 heterocycles. The van der Waals surface area contributed by atoms with Gasteiger partial charge in [0.25, 0.3) is 5.91 Å². The largest absolute Gasteiger partial charge is 0.294 e. The van der Waals surface area contributed by atoms with Crippen LogP contribution in [0.15, 0.2) is 18.2 Å².